The molecule has 0 aliphatic carbocycles. The molecule has 0 spiro atoms. The van der Waals surface area contributed by atoms with Gasteiger partial charge in [-0.3, -0.25) is 4.99 Å². The van der Waals surface area contributed by atoms with Crippen molar-refractivity contribution in [1.82, 2.24) is 0 Å². The third kappa shape index (κ3) is 3.87. The van der Waals surface area contributed by atoms with Gasteiger partial charge in [0.2, 0.25) is 0 Å². The van der Waals surface area contributed by atoms with E-state index < -0.39 is 0 Å². The number of halogens is 2. The van der Waals surface area contributed by atoms with Gasteiger partial charge >= 0.3 is 0 Å². The maximum absolute atomic E-state index is 6.27. The number of rotatable bonds is 4. The van der Waals surface area contributed by atoms with Gasteiger partial charge in [0.1, 0.15) is 0 Å². The molecule has 0 saturated carbocycles. The van der Waals surface area contributed by atoms with Crippen molar-refractivity contribution in [2.75, 3.05) is 0 Å². The van der Waals surface area contributed by atoms with Crippen LogP contribution in [0.5, 0.6) is 0 Å². The Kier molecular flexibility index (Phi) is 5.34. The zero-order valence-electron chi connectivity index (χ0n) is 13.3. The van der Waals surface area contributed by atoms with Crippen LogP contribution in [0.25, 0.3) is 11.1 Å². The largest absolute Gasteiger partial charge is 0.285 e. The zero-order valence-corrected chi connectivity index (χ0v) is 14.8. The summed E-state index contributed by atoms with van der Waals surface area (Å²) in [5, 5.41) is 1.28. The Balaban J connectivity index is 1.90. The minimum absolute atomic E-state index is 0.0430. The molecule has 0 amide bonds. The summed E-state index contributed by atoms with van der Waals surface area (Å²) in [4.78, 5) is 4.69. The first-order valence-corrected chi connectivity index (χ1v) is 8.53. The summed E-state index contributed by atoms with van der Waals surface area (Å²) in [6, 6.07) is 24.0. The second kappa shape index (κ2) is 7.65. The minimum Gasteiger partial charge on any atom is -0.285 e. The Morgan fingerprint density at radius 3 is 2.33 bits per heavy atom. The van der Waals surface area contributed by atoms with Crippen LogP contribution in [0.1, 0.15) is 24.1 Å². The van der Waals surface area contributed by atoms with E-state index in [1.165, 1.54) is 5.56 Å². The Hall–Kier alpha value is -2.09. The molecular weight excluding hydrogens is 337 g/mol. The Morgan fingerprint density at radius 1 is 0.875 bits per heavy atom. The van der Waals surface area contributed by atoms with E-state index in [-0.39, 0.29) is 6.04 Å². The molecule has 24 heavy (non-hydrogen) atoms. The van der Waals surface area contributed by atoms with Crippen molar-refractivity contribution in [3.63, 3.8) is 0 Å². The normalized spacial score (nSPS) is 12.5. The smallest absolute Gasteiger partial charge is 0.0735 e. The molecule has 3 aromatic carbocycles. The summed E-state index contributed by atoms with van der Waals surface area (Å²) in [5.41, 5.74) is 4.39. The molecule has 0 fully saturated rings. The first kappa shape index (κ1) is 16.8. The van der Waals surface area contributed by atoms with E-state index in [0.29, 0.717) is 10.0 Å². The van der Waals surface area contributed by atoms with Gasteiger partial charge < -0.3 is 0 Å². The quantitative estimate of drug-likeness (QED) is 0.455. The molecule has 0 saturated heterocycles. The summed E-state index contributed by atoms with van der Waals surface area (Å²) < 4.78 is 0. The number of hydrogen-bond donors (Lipinski definition) is 0. The van der Waals surface area contributed by atoms with Crippen molar-refractivity contribution in [2.24, 2.45) is 4.99 Å². The van der Waals surface area contributed by atoms with Crippen LogP contribution in [-0.2, 0) is 0 Å². The van der Waals surface area contributed by atoms with Crippen molar-refractivity contribution in [2.45, 2.75) is 13.0 Å². The van der Waals surface area contributed by atoms with Crippen LogP contribution in [0.3, 0.4) is 0 Å². The molecule has 1 unspecified atom stereocenters. The van der Waals surface area contributed by atoms with Crippen molar-refractivity contribution >= 4 is 29.4 Å². The Labute approximate surface area is 152 Å². The molecule has 0 radical (unpaired) electrons. The summed E-state index contributed by atoms with van der Waals surface area (Å²) in [7, 11) is 0. The van der Waals surface area contributed by atoms with Crippen LogP contribution >= 0.6 is 23.2 Å². The van der Waals surface area contributed by atoms with Crippen LogP contribution in [0.2, 0.25) is 10.0 Å². The molecule has 3 rings (SSSR count). The van der Waals surface area contributed by atoms with E-state index in [1.807, 2.05) is 55.6 Å². The Bertz CT molecular complexity index is 857. The topological polar surface area (TPSA) is 12.4 Å². The van der Waals surface area contributed by atoms with E-state index in [9.17, 15) is 0 Å². The molecule has 3 heteroatoms. The lowest BCUT2D eigenvalue weighted by Gasteiger charge is -2.10. The minimum atomic E-state index is -0.0430. The fourth-order valence-electron chi connectivity index (χ4n) is 2.60. The molecule has 120 valence electrons. The highest BCUT2D eigenvalue weighted by Crippen LogP contribution is 2.29. The van der Waals surface area contributed by atoms with E-state index in [1.54, 1.807) is 6.07 Å². The lowest BCUT2D eigenvalue weighted by molar-refractivity contribution is 0.825. The summed E-state index contributed by atoms with van der Waals surface area (Å²) in [6.07, 6.45) is 1.91. The molecular formula is C21H17Cl2N. The highest BCUT2D eigenvalue weighted by Gasteiger charge is 2.09. The third-order valence-corrected chi connectivity index (χ3v) is 4.46. The van der Waals surface area contributed by atoms with E-state index in [2.05, 4.69) is 29.3 Å². The molecule has 0 aliphatic heterocycles. The number of aliphatic imine (C=N–C) groups is 1. The lowest BCUT2D eigenvalue weighted by atomic mass is 10.0. The van der Waals surface area contributed by atoms with Crippen LogP contribution in [0.4, 0.5) is 0 Å². The maximum Gasteiger partial charge on any atom is 0.0735 e. The van der Waals surface area contributed by atoms with Crippen LogP contribution < -0.4 is 0 Å². The van der Waals surface area contributed by atoms with Crippen molar-refractivity contribution < 1.29 is 0 Å². The van der Waals surface area contributed by atoms with Crippen LogP contribution in [-0.4, -0.2) is 6.21 Å². The number of hydrogen-bond acceptors (Lipinski definition) is 1. The highest BCUT2D eigenvalue weighted by molar-refractivity contribution is 6.35. The van der Waals surface area contributed by atoms with E-state index in [4.69, 9.17) is 23.2 Å². The summed E-state index contributed by atoms with van der Waals surface area (Å²) in [5.74, 6) is 0. The SMILES string of the molecule is CC(N=Cc1ccccc1-c1ccccc1)c1ccc(Cl)cc1Cl. The molecule has 1 nitrogen and oxygen atoms in total. The molecule has 0 aromatic heterocycles. The zero-order chi connectivity index (χ0) is 16.9. The predicted molar refractivity (Wildman–Crippen MR) is 104 cm³/mol. The second-order valence-electron chi connectivity index (χ2n) is 5.57. The Morgan fingerprint density at radius 2 is 1.58 bits per heavy atom. The fraction of sp³-hybridized carbons (Fsp3) is 0.0952. The molecule has 0 aliphatic rings. The van der Waals surface area contributed by atoms with Gasteiger partial charge in [0.05, 0.1) is 6.04 Å². The third-order valence-electron chi connectivity index (χ3n) is 3.90. The molecule has 1 atom stereocenters. The molecule has 0 heterocycles. The van der Waals surface area contributed by atoms with Gasteiger partial charge in [-0.25, -0.2) is 0 Å². The van der Waals surface area contributed by atoms with Gasteiger partial charge in [-0.05, 0) is 35.7 Å². The molecule has 3 aromatic rings. The molecule has 0 bridgehead atoms. The summed E-state index contributed by atoms with van der Waals surface area (Å²) >= 11 is 12.2. The first-order valence-electron chi connectivity index (χ1n) is 7.78. The van der Waals surface area contributed by atoms with Gasteiger partial charge in [-0.1, -0.05) is 83.9 Å². The lowest BCUT2D eigenvalue weighted by Crippen LogP contribution is -1.94. The standard InChI is InChI=1S/C21H17Cl2N/c1-15(19-12-11-18(22)13-21(19)23)24-14-17-9-5-6-10-20(17)16-7-3-2-4-8-16/h2-15H,1H3. The average molecular weight is 354 g/mol. The van der Waals surface area contributed by atoms with Gasteiger partial charge in [-0.2, -0.15) is 0 Å². The maximum atomic E-state index is 6.27. The van der Waals surface area contributed by atoms with Crippen molar-refractivity contribution in [3.05, 3.63) is 94.0 Å². The van der Waals surface area contributed by atoms with Crippen LogP contribution in [0.15, 0.2) is 77.8 Å². The first-order chi connectivity index (χ1) is 11.6. The van der Waals surface area contributed by atoms with E-state index >= 15 is 0 Å². The predicted octanol–water partition coefficient (Wildman–Crippen LogP) is 6.84. The monoisotopic (exact) mass is 353 g/mol. The van der Waals surface area contributed by atoms with E-state index in [0.717, 1.165) is 16.7 Å². The van der Waals surface area contributed by atoms with Gasteiger partial charge in [0.15, 0.2) is 0 Å². The van der Waals surface area contributed by atoms with Crippen LogP contribution in [0, 0.1) is 0 Å². The second-order valence-corrected chi connectivity index (χ2v) is 6.42. The highest BCUT2D eigenvalue weighted by atomic mass is 35.5. The molecule has 0 N–H and O–H groups in total. The van der Waals surface area contributed by atoms with Crippen molar-refractivity contribution in [1.29, 1.82) is 0 Å². The van der Waals surface area contributed by atoms with Gasteiger partial charge in [-0.15, -0.1) is 0 Å². The summed E-state index contributed by atoms with van der Waals surface area (Å²) in [6.45, 7) is 2.02. The number of benzene rings is 3. The van der Waals surface area contributed by atoms with Gasteiger partial charge in [0.25, 0.3) is 0 Å². The average Bonchev–Trinajstić information content (AvgIpc) is 2.61. The fourth-order valence-corrected chi connectivity index (χ4v) is 3.17. The van der Waals surface area contributed by atoms with Gasteiger partial charge in [0, 0.05) is 21.8 Å². The number of nitrogens with zero attached hydrogens (tertiary/aromatic N) is 1. The van der Waals surface area contributed by atoms with Crippen molar-refractivity contribution in [3.8, 4) is 11.1 Å².